The normalized spacial score (nSPS) is 12.3. The van der Waals surface area contributed by atoms with Gasteiger partial charge < -0.3 is 6.42 Å². The van der Waals surface area contributed by atoms with Crippen LogP contribution < -0.4 is 18.9 Å². The second-order valence-corrected chi connectivity index (χ2v) is 2.95. The molecule has 0 aromatic carbocycles. The van der Waals surface area contributed by atoms with Crippen LogP contribution in [0.1, 0.15) is 52.9 Å². The van der Waals surface area contributed by atoms with E-state index in [2.05, 4.69) is 27.2 Å². The molecule has 0 amide bonds. The molecule has 0 aliphatic carbocycles. The van der Waals surface area contributed by atoms with E-state index in [1.165, 1.54) is 32.1 Å². The number of hydrogen-bond donors (Lipinski definition) is 0. The first kappa shape index (κ1) is 14.1. The average molecular weight is 148 g/mol. The van der Waals surface area contributed by atoms with Crippen LogP contribution in [-0.2, 0) is 0 Å². The zero-order valence-corrected chi connectivity index (χ0v) is 8.69. The molecule has 0 aliphatic heterocycles. The average Bonchev–Trinajstić information content (AvgIpc) is 1.98. The van der Waals surface area contributed by atoms with Crippen molar-refractivity contribution in [3.63, 3.8) is 0 Å². The van der Waals surface area contributed by atoms with Gasteiger partial charge >= 0.3 is 18.9 Å². The van der Waals surface area contributed by atoms with Gasteiger partial charge in [0.05, 0.1) is 0 Å². The summed E-state index contributed by atoms with van der Waals surface area (Å²) in [7, 11) is 0. The van der Waals surface area contributed by atoms with Gasteiger partial charge in [0.15, 0.2) is 0 Å². The second-order valence-electron chi connectivity index (χ2n) is 2.95. The molecule has 0 aliphatic rings. The van der Waals surface area contributed by atoms with Gasteiger partial charge in [-0.2, -0.15) is 12.3 Å². The molecule has 1 heteroatoms. The molecule has 0 radical (unpaired) electrons. The molecule has 0 bridgehead atoms. The molecular formula is C10H21Li. The maximum atomic E-state index is 2.45. The fraction of sp³-hybridized carbons (Fsp3) is 0.900. The zero-order chi connectivity index (χ0) is 7.82. The Bertz CT molecular complexity index is 61.9. The molecule has 0 saturated heterocycles. The van der Waals surface area contributed by atoms with Crippen molar-refractivity contribution in [3.8, 4) is 0 Å². The predicted octanol–water partition coefficient (Wildman–Crippen LogP) is 0.821. The van der Waals surface area contributed by atoms with Crippen molar-refractivity contribution >= 4 is 0 Å². The molecular weight excluding hydrogens is 127 g/mol. The predicted molar refractivity (Wildman–Crippen MR) is 47.9 cm³/mol. The summed E-state index contributed by atoms with van der Waals surface area (Å²) in [4.78, 5) is 0. The zero-order valence-electron chi connectivity index (χ0n) is 8.69. The standard InChI is InChI=1S/C10H21.Li/c1-4-7-9-10(6-3)8-5-2;/h8,10H,4-7,9H2,1-3H3;/q-1;+1. The van der Waals surface area contributed by atoms with Crippen LogP contribution in [0.25, 0.3) is 0 Å². The van der Waals surface area contributed by atoms with E-state index in [0.29, 0.717) is 0 Å². The Labute approximate surface area is 84.3 Å². The molecule has 0 fully saturated rings. The fourth-order valence-electron chi connectivity index (χ4n) is 1.29. The van der Waals surface area contributed by atoms with Crippen LogP contribution in [0.15, 0.2) is 0 Å². The van der Waals surface area contributed by atoms with Crippen molar-refractivity contribution in [3.05, 3.63) is 6.42 Å². The quantitative estimate of drug-likeness (QED) is 0.386. The summed E-state index contributed by atoms with van der Waals surface area (Å²) in [6, 6.07) is 0. The maximum Gasteiger partial charge on any atom is 1.00 e. The molecule has 0 spiro atoms. The smallest absolute Gasteiger partial charge is 0.326 e. The van der Waals surface area contributed by atoms with Crippen molar-refractivity contribution in [2.75, 3.05) is 0 Å². The molecule has 0 saturated carbocycles. The van der Waals surface area contributed by atoms with Gasteiger partial charge in [0.1, 0.15) is 0 Å². The fourth-order valence-corrected chi connectivity index (χ4v) is 1.29. The van der Waals surface area contributed by atoms with E-state index in [4.69, 9.17) is 0 Å². The van der Waals surface area contributed by atoms with Crippen LogP contribution in [0.2, 0.25) is 0 Å². The van der Waals surface area contributed by atoms with Crippen LogP contribution in [0.5, 0.6) is 0 Å². The Kier molecular flexibility index (Phi) is 13.6. The molecule has 1 atom stereocenters. The Morgan fingerprint density at radius 2 is 1.82 bits per heavy atom. The Balaban J connectivity index is 0. The van der Waals surface area contributed by atoms with Crippen LogP contribution >= 0.6 is 0 Å². The molecule has 1 unspecified atom stereocenters. The van der Waals surface area contributed by atoms with E-state index in [1.807, 2.05) is 0 Å². The monoisotopic (exact) mass is 148 g/mol. The largest absolute Gasteiger partial charge is 1.00 e. The van der Waals surface area contributed by atoms with Gasteiger partial charge in [0.25, 0.3) is 0 Å². The third-order valence-electron chi connectivity index (χ3n) is 2.02. The number of rotatable bonds is 6. The number of hydrogen-bond acceptors (Lipinski definition) is 0. The molecule has 0 aromatic heterocycles. The van der Waals surface area contributed by atoms with Crippen molar-refractivity contribution in [1.29, 1.82) is 0 Å². The van der Waals surface area contributed by atoms with E-state index in [0.717, 1.165) is 5.92 Å². The molecule has 0 heterocycles. The first-order valence-electron chi connectivity index (χ1n) is 4.68. The van der Waals surface area contributed by atoms with Crippen LogP contribution in [0.4, 0.5) is 0 Å². The van der Waals surface area contributed by atoms with Crippen molar-refractivity contribution in [2.24, 2.45) is 5.92 Å². The summed E-state index contributed by atoms with van der Waals surface area (Å²) in [6.07, 6.45) is 9.16. The molecule has 11 heavy (non-hydrogen) atoms. The molecule has 0 nitrogen and oxygen atoms in total. The van der Waals surface area contributed by atoms with Crippen LogP contribution in [0, 0.1) is 12.3 Å². The third kappa shape index (κ3) is 8.50. The topological polar surface area (TPSA) is 0 Å². The first-order valence-corrected chi connectivity index (χ1v) is 4.68. The van der Waals surface area contributed by atoms with Crippen molar-refractivity contribution < 1.29 is 18.9 Å². The second kappa shape index (κ2) is 10.6. The third-order valence-corrected chi connectivity index (χ3v) is 2.02. The first-order chi connectivity index (χ1) is 4.85. The summed E-state index contributed by atoms with van der Waals surface area (Å²) in [6.45, 7) is 6.78. The maximum absolute atomic E-state index is 2.45. The minimum Gasteiger partial charge on any atom is -0.326 e. The van der Waals surface area contributed by atoms with Gasteiger partial charge in [-0.3, -0.25) is 0 Å². The molecule has 62 valence electrons. The van der Waals surface area contributed by atoms with Gasteiger partial charge in [-0.15, -0.1) is 0 Å². The van der Waals surface area contributed by atoms with Crippen molar-refractivity contribution in [2.45, 2.75) is 52.9 Å². The minimum absolute atomic E-state index is 0. The summed E-state index contributed by atoms with van der Waals surface area (Å²) in [5.41, 5.74) is 0. The van der Waals surface area contributed by atoms with E-state index in [9.17, 15) is 0 Å². The molecule has 0 N–H and O–H groups in total. The van der Waals surface area contributed by atoms with Crippen LogP contribution in [0.3, 0.4) is 0 Å². The summed E-state index contributed by atoms with van der Waals surface area (Å²) in [5, 5.41) is 0. The van der Waals surface area contributed by atoms with Gasteiger partial charge in [-0.25, -0.2) is 0 Å². The molecule has 0 rings (SSSR count). The van der Waals surface area contributed by atoms with Gasteiger partial charge in [0.2, 0.25) is 0 Å². The van der Waals surface area contributed by atoms with E-state index >= 15 is 0 Å². The minimum atomic E-state index is 0. The Morgan fingerprint density at radius 3 is 2.18 bits per heavy atom. The van der Waals surface area contributed by atoms with Crippen LogP contribution in [-0.4, -0.2) is 0 Å². The Morgan fingerprint density at radius 1 is 1.18 bits per heavy atom. The molecule has 0 aromatic rings. The van der Waals surface area contributed by atoms with Gasteiger partial charge in [-0.05, 0) is 0 Å². The summed E-state index contributed by atoms with van der Waals surface area (Å²) >= 11 is 0. The van der Waals surface area contributed by atoms with E-state index in [1.54, 1.807) is 0 Å². The summed E-state index contributed by atoms with van der Waals surface area (Å²) in [5.74, 6) is 0.893. The van der Waals surface area contributed by atoms with Gasteiger partial charge in [0, 0.05) is 0 Å². The Hall–Kier alpha value is 0.597. The van der Waals surface area contributed by atoms with E-state index in [-0.39, 0.29) is 18.9 Å². The summed E-state index contributed by atoms with van der Waals surface area (Å²) < 4.78 is 0. The number of unbranched alkanes of at least 4 members (excludes halogenated alkanes) is 1. The van der Waals surface area contributed by atoms with E-state index < -0.39 is 0 Å². The SMILES string of the molecule is CC[CH-]C(CC)CCCC.[Li+]. The van der Waals surface area contributed by atoms with Crippen molar-refractivity contribution in [1.82, 2.24) is 0 Å². The van der Waals surface area contributed by atoms with Gasteiger partial charge in [-0.1, -0.05) is 46.5 Å².